The van der Waals surface area contributed by atoms with Gasteiger partial charge in [0.25, 0.3) is 11.5 Å². The van der Waals surface area contributed by atoms with E-state index in [9.17, 15) is 18.8 Å². The lowest BCUT2D eigenvalue weighted by Crippen LogP contribution is -2.26. The van der Waals surface area contributed by atoms with Crippen molar-refractivity contribution in [2.75, 3.05) is 37.9 Å². The number of rotatable bonds is 10. The van der Waals surface area contributed by atoms with Crippen LogP contribution in [0.5, 0.6) is 0 Å². The van der Waals surface area contributed by atoms with Crippen molar-refractivity contribution < 1.29 is 18.7 Å². The van der Waals surface area contributed by atoms with Crippen molar-refractivity contribution in [3.05, 3.63) is 88.1 Å². The first-order chi connectivity index (χ1) is 16.8. The number of aromatic nitrogens is 2. The van der Waals surface area contributed by atoms with Gasteiger partial charge >= 0.3 is 6.09 Å². The maximum atomic E-state index is 13.4. The zero-order chi connectivity index (χ0) is 25.2. The Bertz CT molecular complexity index is 1230. The number of hydrogen-bond acceptors (Lipinski definition) is 6. The van der Waals surface area contributed by atoms with E-state index in [1.165, 1.54) is 30.3 Å². The van der Waals surface area contributed by atoms with Crippen LogP contribution in [0, 0.1) is 5.82 Å². The van der Waals surface area contributed by atoms with Crippen LogP contribution in [0.4, 0.5) is 20.6 Å². The molecule has 3 rings (SSSR count). The lowest BCUT2D eigenvalue weighted by atomic mass is 10.2. The van der Waals surface area contributed by atoms with Gasteiger partial charge in [-0.15, -0.1) is 0 Å². The number of anilines is 2. The molecule has 2 aromatic carbocycles. The van der Waals surface area contributed by atoms with Crippen molar-refractivity contribution in [1.29, 1.82) is 0 Å². The van der Waals surface area contributed by atoms with Gasteiger partial charge in [-0.3, -0.25) is 14.9 Å². The Balaban J connectivity index is 1.61. The number of benzene rings is 2. The Kier molecular flexibility index (Phi) is 9.08. The molecule has 0 aliphatic rings. The molecule has 0 atom stereocenters. The van der Waals surface area contributed by atoms with Gasteiger partial charge in [0.05, 0.1) is 13.2 Å². The normalized spacial score (nSPS) is 10.7. The third-order valence-electron chi connectivity index (χ3n) is 4.92. The summed E-state index contributed by atoms with van der Waals surface area (Å²) in [7, 11) is 3.98. The molecule has 0 aliphatic carbocycles. The topological polar surface area (TPSA) is 106 Å². The van der Waals surface area contributed by atoms with Crippen LogP contribution in [-0.4, -0.2) is 53.9 Å². The van der Waals surface area contributed by atoms with Gasteiger partial charge in [0, 0.05) is 17.4 Å². The molecule has 0 aliphatic heterocycles. The molecule has 35 heavy (non-hydrogen) atoms. The molecule has 3 aromatic rings. The molecule has 0 saturated carbocycles. The van der Waals surface area contributed by atoms with Gasteiger partial charge in [0.2, 0.25) is 0 Å². The molecule has 0 spiro atoms. The summed E-state index contributed by atoms with van der Waals surface area (Å²) in [5, 5.41) is 9.35. The molecule has 0 radical (unpaired) electrons. The number of carbonyl (C=O) groups excluding carboxylic acids is 2. The van der Waals surface area contributed by atoms with E-state index in [1.807, 2.05) is 14.1 Å². The number of halogens is 1. The molecule has 0 fully saturated rings. The summed E-state index contributed by atoms with van der Waals surface area (Å²) >= 11 is 0. The maximum Gasteiger partial charge on any atom is 0.411 e. The summed E-state index contributed by atoms with van der Waals surface area (Å²) in [6, 6.07) is 14.9. The number of carbonyl (C=O) groups is 2. The monoisotopic (exact) mass is 481 g/mol. The summed E-state index contributed by atoms with van der Waals surface area (Å²) in [4.78, 5) is 38.9. The van der Waals surface area contributed by atoms with E-state index in [-0.39, 0.29) is 17.9 Å². The van der Waals surface area contributed by atoms with Crippen LogP contribution >= 0.6 is 0 Å². The molecule has 0 saturated heterocycles. The maximum absolute atomic E-state index is 13.4. The largest absolute Gasteiger partial charge is 0.449 e. The Morgan fingerprint density at radius 1 is 1.00 bits per heavy atom. The third kappa shape index (κ3) is 8.35. The van der Waals surface area contributed by atoms with Gasteiger partial charge in [0.1, 0.15) is 11.5 Å². The smallest absolute Gasteiger partial charge is 0.411 e. The molecular formula is C25H28FN5O4. The Labute approximate surface area is 202 Å². The number of hydrogen-bond donors (Lipinski definition) is 2. The lowest BCUT2D eigenvalue weighted by molar-refractivity contribution is 0.102. The quantitative estimate of drug-likeness (QED) is 0.429. The van der Waals surface area contributed by atoms with Gasteiger partial charge in [-0.2, -0.15) is 5.10 Å². The highest BCUT2D eigenvalue weighted by Gasteiger charge is 2.11. The second-order valence-electron chi connectivity index (χ2n) is 8.15. The van der Waals surface area contributed by atoms with E-state index in [4.69, 9.17) is 4.74 Å². The number of nitrogens with one attached hydrogen (secondary N) is 2. The molecule has 1 aromatic heterocycles. The van der Waals surface area contributed by atoms with Crippen LogP contribution in [-0.2, 0) is 11.3 Å². The summed E-state index contributed by atoms with van der Waals surface area (Å²) in [5.41, 5.74) is 1.07. The minimum absolute atomic E-state index is 0.000912. The summed E-state index contributed by atoms with van der Waals surface area (Å²) in [5.74, 6) is -1.06. The zero-order valence-corrected chi connectivity index (χ0v) is 19.7. The minimum atomic E-state index is -0.576. The predicted octanol–water partition coefficient (Wildman–Crippen LogP) is 3.57. The molecule has 0 unspecified atom stereocenters. The van der Waals surface area contributed by atoms with E-state index < -0.39 is 23.4 Å². The average molecular weight is 482 g/mol. The van der Waals surface area contributed by atoms with Crippen LogP contribution in [0.15, 0.2) is 65.5 Å². The zero-order valence-electron chi connectivity index (χ0n) is 19.7. The highest BCUT2D eigenvalue weighted by Crippen LogP contribution is 2.13. The van der Waals surface area contributed by atoms with Gasteiger partial charge < -0.3 is 15.0 Å². The van der Waals surface area contributed by atoms with E-state index in [1.54, 1.807) is 30.3 Å². The van der Waals surface area contributed by atoms with Crippen LogP contribution in [0.1, 0.15) is 28.9 Å². The van der Waals surface area contributed by atoms with E-state index in [2.05, 4.69) is 20.6 Å². The van der Waals surface area contributed by atoms with Gasteiger partial charge in [-0.25, -0.2) is 13.9 Å². The molecule has 184 valence electrons. The van der Waals surface area contributed by atoms with Gasteiger partial charge in [0.15, 0.2) is 0 Å². The van der Waals surface area contributed by atoms with Gasteiger partial charge in [-0.05, 0) is 75.4 Å². The standard InChI is InChI=1S/C25H28FN5O4/c1-30(2)13-3-4-14-35-25(34)28-20-9-5-7-18(15-20)17-31-23(32)12-11-22(29-31)24(33)27-21-10-6-8-19(26)16-21/h5-12,15-16H,3-4,13-14,17H2,1-2H3,(H,27,33)(H,28,34). The summed E-state index contributed by atoms with van der Waals surface area (Å²) < 4.78 is 19.7. The fourth-order valence-electron chi connectivity index (χ4n) is 3.21. The van der Waals surface area contributed by atoms with Crippen molar-refractivity contribution in [2.24, 2.45) is 0 Å². The van der Waals surface area contributed by atoms with Crippen molar-refractivity contribution in [3.63, 3.8) is 0 Å². The Morgan fingerprint density at radius 3 is 2.49 bits per heavy atom. The van der Waals surface area contributed by atoms with Gasteiger partial charge in [-0.1, -0.05) is 18.2 Å². The van der Waals surface area contributed by atoms with E-state index in [0.717, 1.165) is 24.1 Å². The Hall–Kier alpha value is -4.05. The molecule has 1 heterocycles. The third-order valence-corrected chi connectivity index (χ3v) is 4.92. The van der Waals surface area contributed by atoms with Crippen molar-refractivity contribution in [2.45, 2.75) is 19.4 Å². The first-order valence-corrected chi connectivity index (χ1v) is 11.1. The first-order valence-electron chi connectivity index (χ1n) is 11.1. The highest BCUT2D eigenvalue weighted by molar-refractivity contribution is 6.02. The van der Waals surface area contributed by atoms with Crippen molar-refractivity contribution in [1.82, 2.24) is 14.7 Å². The average Bonchev–Trinajstić information content (AvgIpc) is 2.80. The molecule has 0 bridgehead atoms. The lowest BCUT2D eigenvalue weighted by Gasteiger charge is -2.11. The number of nitrogens with zero attached hydrogens (tertiary/aromatic N) is 3. The summed E-state index contributed by atoms with van der Waals surface area (Å²) in [6.07, 6.45) is 1.14. The second-order valence-corrected chi connectivity index (χ2v) is 8.15. The van der Waals surface area contributed by atoms with E-state index in [0.29, 0.717) is 17.9 Å². The number of unbranched alkanes of at least 4 members (excludes halogenated alkanes) is 1. The van der Waals surface area contributed by atoms with Crippen LogP contribution in [0.2, 0.25) is 0 Å². The van der Waals surface area contributed by atoms with E-state index >= 15 is 0 Å². The fourth-order valence-corrected chi connectivity index (χ4v) is 3.21. The fraction of sp³-hybridized carbons (Fsp3) is 0.280. The van der Waals surface area contributed by atoms with Crippen LogP contribution < -0.4 is 16.2 Å². The highest BCUT2D eigenvalue weighted by atomic mass is 19.1. The molecule has 10 heteroatoms. The van der Waals surface area contributed by atoms with Crippen molar-refractivity contribution in [3.8, 4) is 0 Å². The van der Waals surface area contributed by atoms with Crippen LogP contribution in [0.3, 0.4) is 0 Å². The SMILES string of the molecule is CN(C)CCCCOC(=O)Nc1cccc(Cn2nc(C(=O)Nc3cccc(F)c3)ccc2=O)c1. The second kappa shape index (κ2) is 12.4. The molecule has 2 amide bonds. The first kappa shape index (κ1) is 25.6. The minimum Gasteiger partial charge on any atom is -0.449 e. The van der Waals surface area contributed by atoms with Crippen molar-refractivity contribution >= 4 is 23.4 Å². The Morgan fingerprint density at radius 2 is 1.74 bits per heavy atom. The van der Waals surface area contributed by atoms with Crippen LogP contribution in [0.25, 0.3) is 0 Å². The predicted molar refractivity (Wildman–Crippen MR) is 131 cm³/mol. The number of ether oxygens (including phenoxy) is 1. The molecule has 2 N–H and O–H groups in total. The molecule has 9 nitrogen and oxygen atoms in total. The molecular weight excluding hydrogens is 453 g/mol. The number of amides is 2. The summed E-state index contributed by atoms with van der Waals surface area (Å²) in [6.45, 7) is 1.33.